The van der Waals surface area contributed by atoms with Crippen LogP contribution in [0, 0.1) is 5.82 Å². The van der Waals surface area contributed by atoms with E-state index < -0.39 is 45.8 Å². The fraction of sp³-hybridized carbons (Fsp3) is 0.355. The van der Waals surface area contributed by atoms with Crippen LogP contribution in [0.2, 0.25) is 10.0 Å². The van der Waals surface area contributed by atoms with E-state index in [0.717, 1.165) is 28.6 Å². The SMILES string of the molecule is CCOc1ccc(N(CC(=O)N(Cc2ccc(Cl)c(Cl)c2)C(CC)C(=O)NC(C)(C)C)S(=O)(=O)c2ccc(F)cc2)cc1. The molecule has 0 heterocycles. The normalized spacial score (nSPS) is 12.4. The predicted octanol–water partition coefficient (Wildman–Crippen LogP) is 6.45. The summed E-state index contributed by atoms with van der Waals surface area (Å²) in [5.74, 6) is -1.12. The molecular weight excluding hydrogens is 616 g/mol. The Balaban J connectivity index is 2.09. The summed E-state index contributed by atoms with van der Waals surface area (Å²) >= 11 is 12.3. The zero-order valence-electron chi connectivity index (χ0n) is 24.7. The molecule has 0 aliphatic heterocycles. The molecule has 0 aliphatic carbocycles. The lowest BCUT2D eigenvalue weighted by Gasteiger charge is -2.34. The number of sulfonamides is 1. The molecule has 1 N–H and O–H groups in total. The van der Waals surface area contributed by atoms with Gasteiger partial charge in [0.15, 0.2) is 0 Å². The van der Waals surface area contributed by atoms with E-state index in [1.165, 1.54) is 17.0 Å². The zero-order valence-corrected chi connectivity index (χ0v) is 27.1. The van der Waals surface area contributed by atoms with Gasteiger partial charge in [0.1, 0.15) is 24.2 Å². The van der Waals surface area contributed by atoms with Crippen molar-refractivity contribution in [3.8, 4) is 5.75 Å². The molecule has 0 radical (unpaired) electrons. The molecule has 2 amide bonds. The first-order valence-corrected chi connectivity index (χ1v) is 15.9. The van der Waals surface area contributed by atoms with E-state index in [0.29, 0.717) is 22.9 Å². The van der Waals surface area contributed by atoms with Crippen molar-refractivity contribution in [2.24, 2.45) is 0 Å². The topological polar surface area (TPSA) is 96.0 Å². The Morgan fingerprint density at radius 3 is 2.12 bits per heavy atom. The van der Waals surface area contributed by atoms with Crippen molar-refractivity contribution in [3.05, 3.63) is 88.2 Å². The Morgan fingerprint density at radius 2 is 1.58 bits per heavy atom. The summed E-state index contributed by atoms with van der Waals surface area (Å²) in [6.45, 7) is 8.78. The predicted molar refractivity (Wildman–Crippen MR) is 168 cm³/mol. The fourth-order valence-corrected chi connectivity index (χ4v) is 6.08. The molecule has 3 aromatic rings. The van der Waals surface area contributed by atoms with Gasteiger partial charge in [0, 0.05) is 12.1 Å². The van der Waals surface area contributed by atoms with Crippen molar-refractivity contribution in [1.29, 1.82) is 0 Å². The second-order valence-electron chi connectivity index (χ2n) is 10.8. The highest BCUT2D eigenvalue weighted by molar-refractivity contribution is 7.92. The third kappa shape index (κ3) is 9.08. The third-order valence-corrected chi connectivity index (χ3v) is 8.86. The van der Waals surface area contributed by atoms with Crippen LogP contribution in [0.3, 0.4) is 0 Å². The van der Waals surface area contributed by atoms with Crippen LogP contribution in [0.1, 0.15) is 46.6 Å². The van der Waals surface area contributed by atoms with Crippen LogP contribution in [0.15, 0.2) is 71.6 Å². The summed E-state index contributed by atoms with van der Waals surface area (Å²) < 4.78 is 47.9. The number of anilines is 1. The minimum absolute atomic E-state index is 0.0422. The highest BCUT2D eigenvalue weighted by Crippen LogP contribution is 2.28. The number of nitrogens with zero attached hydrogens (tertiary/aromatic N) is 2. The summed E-state index contributed by atoms with van der Waals surface area (Å²) in [5, 5.41) is 3.51. The lowest BCUT2D eigenvalue weighted by molar-refractivity contribution is -0.141. The Bertz CT molecular complexity index is 1530. The van der Waals surface area contributed by atoms with Crippen LogP contribution in [0.25, 0.3) is 0 Å². The van der Waals surface area contributed by atoms with Gasteiger partial charge in [-0.1, -0.05) is 36.2 Å². The van der Waals surface area contributed by atoms with Gasteiger partial charge in [0.2, 0.25) is 11.8 Å². The van der Waals surface area contributed by atoms with Gasteiger partial charge in [0.05, 0.1) is 27.2 Å². The fourth-order valence-electron chi connectivity index (χ4n) is 4.34. The molecule has 3 rings (SSSR count). The van der Waals surface area contributed by atoms with Crippen molar-refractivity contribution in [2.45, 2.75) is 64.1 Å². The zero-order chi connectivity index (χ0) is 31.9. The smallest absolute Gasteiger partial charge is 0.264 e. The van der Waals surface area contributed by atoms with Crippen LogP contribution in [-0.4, -0.2) is 49.9 Å². The standard InChI is InChI=1S/C31H36Cl2FN3O5S/c1-6-28(30(39)35-31(3,4)5)36(19-21-8-17-26(32)27(33)18-21)29(38)20-37(23-11-13-24(14-12-23)42-7-2)43(40,41)25-15-9-22(34)10-16-25/h8-18,28H,6-7,19-20H2,1-5H3,(H,35,39). The molecule has 3 aromatic carbocycles. The Kier molecular flexibility index (Phi) is 11.5. The first-order valence-electron chi connectivity index (χ1n) is 13.7. The lowest BCUT2D eigenvalue weighted by Crippen LogP contribution is -2.55. The lowest BCUT2D eigenvalue weighted by atomic mass is 10.1. The summed E-state index contributed by atoms with van der Waals surface area (Å²) in [7, 11) is -4.35. The highest BCUT2D eigenvalue weighted by Gasteiger charge is 2.34. The van der Waals surface area contributed by atoms with E-state index in [1.54, 1.807) is 37.3 Å². The van der Waals surface area contributed by atoms with Crippen molar-refractivity contribution in [1.82, 2.24) is 10.2 Å². The van der Waals surface area contributed by atoms with Gasteiger partial charge in [-0.2, -0.15) is 0 Å². The van der Waals surface area contributed by atoms with E-state index in [9.17, 15) is 22.4 Å². The first kappa shape index (κ1) is 34.2. The van der Waals surface area contributed by atoms with Crippen LogP contribution in [-0.2, 0) is 26.2 Å². The maximum atomic E-state index is 14.2. The van der Waals surface area contributed by atoms with Crippen molar-refractivity contribution < 1.29 is 27.1 Å². The van der Waals surface area contributed by atoms with E-state index in [4.69, 9.17) is 27.9 Å². The van der Waals surface area contributed by atoms with Crippen molar-refractivity contribution >= 4 is 50.7 Å². The van der Waals surface area contributed by atoms with E-state index in [-0.39, 0.29) is 28.6 Å². The molecule has 0 aromatic heterocycles. The van der Waals surface area contributed by atoms with E-state index in [2.05, 4.69) is 5.32 Å². The van der Waals surface area contributed by atoms with Crippen molar-refractivity contribution in [3.63, 3.8) is 0 Å². The van der Waals surface area contributed by atoms with E-state index in [1.807, 2.05) is 27.7 Å². The van der Waals surface area contributed by atoms with Gasteiger partial charge >= 0.3 is 0 Å². The molecule has 0 saturated heterocycles. The Morgan fingerprint density at radius 1 is 0.953 bits per heavy atom. The molecule has 0 spiro atoms. The van der Waals surface area contributed by atoms with Crippen molar-refractivity contribution in [2.75, 3.05) is 17.5 Å². The number of amides is 2. The summed E-state index contributed by atoms with van der Waals surface area (Å²) in [5.41, 5.74) is 0.199. The van der Waals surface area contributed by atoms with Gasteiger partial charge in [0.25, 0.3) is 10.0 Å². The van der Waals surface area contributed by atoms with E-state index >= 15 is 0 Å². The van der Waals surface area contributed by atoms with Crippen LogP contribution in [0.4, 0.5) is 10.1 Å². The molecule has 43 heavy (non-hydrogen) atoms. The molecule has 0 bridgehead atoms. The summed E-state index contributed by atoms with van der Waals surface area (Å²) in [6.07, 6.45) is 0.253. The number of nitrogens with one attached hydrogen (secondary N) is 1. The Labute approximate surface area is 262 Å². The maximum Gasteiger partial charge on any atom is 0.264 e. The van der Waals surface area contributed by atoms with Gasteiger partial charge < -0.3 is 15.0 Å². The van der Waals surface area contributed by atoms with Crippen LogP contribution < -0.4 is 14.4 Å². The second-order valence-corrected chi connectivity index (χ2v) is 13.5. The van der Waals surface area contributed by atoms with Crippen LogP contribution in [0.5, 0.6) is 5.75 Å². The average Bonchev–Trinajstić information content (AvgIpc) is 2.93. The minimum atomic E-state index is -4.35. The third-order valence-electron chi connectivity index (χ3n) is 6.34. The molecule has 1 unspecified atom stereocenters. The number of carbonyl (C=O) groups excluding carboxylic acids is 2. The number of halogens is 3. The van der Waals surface area contributed by atoms with Crippen LogP contribution >= 0.6 is 23.2 Å². The number of benzene rings is 3. The van der Waals surface area contributed by atoms with Gasteiger partial charge in [-0.3, -0.25) is 13.9 Å². The van der Waals surface area contributed by atoms with Gasteiger partial charge in [-0.05, 0) is 100 Å². The van der Waals surface area contributed by atoms with Gasteiger partial charge in [-0.15, -0.1) is 0 Å². The molecule has 12 heteroatoms. The summed E-state index contributed by atoms with van der Waals surface area (Å²) in [4.78, 5) is 28.7. The van der Waals surface area contributed by atoms with Gasteiger partial charge in [-0.25, -0.2) is 12.8 Å². The molecule has 0 fully saturated rings. The molecule has 0 saturated carbocycles. The molecular formula is C31H36Cl2FN3O5S. The first-order chi connectivity index (χ1) is 20.2. The molecule has 1 atom stereocenters. The minimum Gasteiger partial charge on any atom is -0.494 e. The number of hydrogen-bond donors (Lipinski definition) is 1. The molecule has 8 nitrogen and oxygen atoms in total. The molecule has 0 aliphatic rings. The number of carbonyl (C=O) groups is 2. The Hall–Kier alpha value is -3.34. The highest BCUT2D eigenvalue weighted by atomic mass is 35.5. The monoisotopic (exact) mass is 651 g/mol. The number of ether oxygens (including phenoxy) is 1. The average molecular weight is 653 g/mol. The second kappa shape index (κ2) is 14.4. The summed E-state index contributed by atoms with van der Waals surface area (Å²) in [6, 6.07) is 14.5. The number of rotatable bonds is 12. The quantitative estimate of drug-likeness (QED) is 0.243. The number of hydrogen-bond acceptors (Lipinski definition) is 5. The maximum absolute atomic E-state index is 14.2. The molecule has 232 valence electrons. The largest absolute Gasteiger partial charge is 0.494 e.